The Kier molecular flexibility index (Phi) is 3.07. The van der Waals surface area contributed by atoms with E-state index >= 15 is 0 Å². The third-order valence-corrected chi connectivity index (χ3v) is 4.32. The molecule has 3 rings (SSSR count). The Bertz CT molecular complexity index is 577. The number of aromatic nitrogens is 3. The second-order valence-electron chi connectivity index (χ2n) is 4.21. The quantitative estimate of drug-likeness (QED) is 0.898. The van der Waals surface area contributed by atoms with E-state index in [-0.39, 0.29) is 0 Å². The van der Waals surface area contributed by atoms with E-state index in [0.717, 1.165) is 18.0 Å². The van der Waals surface area contributed by atoms with Crippen LogP contribution >= 0.6 is 11.8 Å². The van der Waals surface area contributed by atoms with Gasteiger partial charge in [-0.25, -0.2) is 0 Å². The molecule has 1 aliphatic rings. The molecular weight excluding hydrogens is 248 g/mol. The minimum absolute atomic E-state index is 0.349. The molecule has 1 unspecified atom stereocenters. The molecule has 2 aromatic heterocycles. The van der Waals surface area contributed by atoms with Crippen molar-refractivity contribution in [3.63, 3.8) is 0 Å². The van der Waals surface area contributed by atoms with Crippen molar-refractivity contribution < 1.29 is 4.52 Å². The summed E-state index contributed by atoms with van der Waals surface area (Å²) in [5.74, 6) is 2.38. The molecule has 0 radical (unpaired) electrons. The minimum Gasteiger partial charge on any atom is -0.342 e. The largest absolute Gasteiger partial charge is 0.342 e. The molecule has 0 aliphatic carbocycles. The van der Waals surface area contributed by atoms with Crippen LogP contribution in [0.25, 0.3) is 11.6 Å². The number of thioether (sulfide) groups is 1. The summed E-state index contributed by atoms with van der Waals surface area (Å²) in [4.78, 5) is 7.34. The molecular formula is C12H12N4OS. The Morgan fingerprint density at radius 2 is 2.39 bits per heavy atom. The number of aromatic amines is 1. The molecule has 1 aliphatic heterocycles. The number of H-pyrrole nitrogens is 1. The molecule has 18 heavy (non-hydrogen) atoms. The maximum atomic E-state index is 8.76. The Morgan fingerprint density at radius 1 is 1.44 bits per heavy atom. The van der Waals surface area contributed by atoms with Crippen molar-refractivity contribution in [2.45, 2.75) is 24.5 Å². The molecule has 5 nitrogen and oxygen atoms in total. The van der Waals surface area contributed by atoms with Gasteiger partial charge in [0, 0.05) is 0 Å². The SMILES string of the molecule is N#Cc1ccc(-c2nc(C3CCCCS3)no2)[nH]1. The molecule has 1 atom stereocenters. The lowest BCUT2D eigenvalue weighted by Gasteiger charge is -2.17. The van der Waals surface area contributed by atoms with Crippen molar-refractivity contribution in [3.05, 3.63) is 23.7 Å². The maximum Gasteiger partial charge on any atom is 0.274 e. The van der Waals surface area contributed by atoms with Gasteiger partial charge >= 0.3 is 0 Å². The second kappa shape index (κ2) is 4.86. The summed E-state index contributed by atoms with van der Waals surface area (Å²) in [6.45, 7) is 0. The number of nitriles is 1. The second-order valence-corrected chi connectivity index (χ2v) is 5.52. The molecule has 0 aromatic carbocycles. The van der Waals surface area contributed by atoms with Gasteiger partial charge in [-0.1, -0.05) is 11.6 Å². The van der Waals surface area contributed by atoms with Gasteiger partial charge in [-0.05, 0) is 30.7 Å². The lowest BCUT2D eigenvalue weighted by atomic mass is 10.2. The van der Waals surface area contributed by atoms with E-state index in [1.165, 1.54) is 12.8 Å². The van der Waals surface area contributed by atoms with E-state index in [9.17, 15) is 0 Å². The summed E-state index contributed by atoms with van der Waals surface area (Å²) in [6, 6.07) is 5.52. The summed E-state index contributed by atoms with van der Waals surface area (Å²) in [5.41, 5.74) is 1.20. The van der Waals surface area contributed by atoms with Crippen LogP contribution in [-0.4, -0.2) is 20.9 Å². The van der Waals surface area contributed by atoms with Crippen LogP contribution in [0.4, 0.5) is 0 Å². The van der Waals surface area contributed by atoms with E-state index in [0.29, 0.717) is 22.5 Å². The first-order valence-electron chi connectivity index (χ1n) is 5.91. The lowest BCUT2D eigenvalue weighted by Crippen LogP contribution is -2.03. The van der Waals surface area contributed by atoms with Gasteiger partial charge in [0.25, 0.3) is 5.89 Å². The predicted octanol–water partition coefficient (Wildman–Crippen LogP) is 2.89. The average molecular weight is 260 g/mol. The third-order valence-electron chi connectivity index (χ3n) is 2.95. The van der Waals surface area contributed by atoms with Crippen LogP contribution in [0.3, 0.4) is 0 Å². The predicted molar refractivity (Wildman–Crippen MR) is 67.8 cm³/mol. The molecule has 6 heteroatoms. The van der Waals surface area contributed by atoms with Crippen LogP contribution in [0.2, 0.25) is 0 Å². The lowest BCUT2D eigenvalue weighted by molar-refractivity contribution is 0.419. The van der Waals surface area contributed by atoms with Crippen molar-refractivity contribution in [2.75, 3.05) is 5.75 Å². The van der Waals surface area contributed by atoms with Gasteiger partial charge in [0.1, 0.15) is 17.5 Å². The highest BCUT2D eigenvalue weighted by molar-refractivity contribution is 7.99. The van der Waals surface area contributed by atoms with Crippen molar-refractivity contribution in [3.8, 4) is 17.7 Å². The van der Waals surface area contributed by atoms with Crippen molar-refractivity contribution in [1.82, 2.24) is 15.1 Å². The third kappa shape index (κ3) is 2.14. The normalized spacial score (nSPS) is 19.6. The fourth-order valence-electron chi connectivity index (χ4n) is 2.00. The topological polar surface area (TPSA) is 78.5 Å². The van der Waals surface area contributed by atoms with Gasteiger partial charge in [0.2, 0.25) is 0 Å². The number of hydrogen-bond acceptors (Lipinski definition) is 5. The van der Waals surface area contributed by atoms with Crippen LogP contribution in [-0.2, 0) is 0 Å². The smallest absolute Gasteiger partial charge is 0.274 e. The summed E-state index contributed by atoms with van der Waals surface area (Å²) in [5, 5.41) is 13.1. The average Bonchev–Trinajstić information content (AvgIpc) is 3.08. The minimum atomic E-state index is 0.349. The van der Waals surface area contributed by atoms with Crippen LogP contribution in [0.5, 0.6) is 0 Å². The summed E-state index contributed by atoms with van der Waals surface area (Å²) in [6.07, 6.45) is 3.61. The monoisotopic (exact) mass is 260 g/mol. The molecule has 1 saturated heterocycles. The number of hydrogen-bond donors (Lipinski definition) is 1. The Labute approximate surface area is 109 Å². The number of rotatable bonds is 2. The highest BCUT2D eigenvalue weighted by atomic mass is 32.2. The van der Waals surface area contributed by atoms with Gasteiger partial charge in [-0.3, -0.25) is 0 Å². The zero-order chi connectivity index (χ0) is 12.4. The van der Waals surface area contributed by atoms with Gasteiger partial charge in [-0.2, -0.15) is 22.0 Å². The molecule has 0 spiro atoms. The Hall–Kier alpha value is -1.74. The van der Waals surface area contributed by atoms with Gasteiger partial charge in [0.05, 0.1) is 5.25 Å². The van der Waals surface area contributed by atoms with E-state index < -0.39 is 0 Å². The molecule has 2 aromatic rings. The molecule has 0 bridgehead atoms. The molecule has 3 heterocycles. The number of nitrogens with one attached hydrogen (secondary N) is 1. The van der Waals surface area contributed by atoms with Crippen LogP contribution in [0, 0.1) is 11.3 Å². The zero-order valence-corrected chi connectivity index (χ0v) is 10.5. The van der Waals surface area contributed by atoms with E-state index in [4.69, 9.17) is 9.78 Å². The van der Waals surface area contributed by atoms with E-state index in [1.807, 2.05) is 17.8 Å². The van der Waals surface area contributed by atoms with Crippen molar-refractivity contribution in [1.29, 1.82) is 5.26 Å². The van der Waals surface area contributed by atoms with E-state index in [1.54, 1.807) is 12.1 Å². The van der Waals surface area contributed by atoms with Crippen LogP contribution in [0.15, 0.2) is 16.7 Å². The number of nitrogens with zero attached hydrogens (tertiary/aromatic N) is 3. The van der Waals surface area contributed by atoms with Gasteiger partial charge in [-0.15, -0.1) is 0 Å². The molecule has 1 fully saturated rings. The first-order valence-corrected chi connectivity index (χ1v) is 6.96. The Balaban J connectivity index is 1.82. The van der Waals surface area contributed by atoms with Crippen molar-refractivity contribution in [2.24, 2.45) is 0 Å². The summed E-state index contributed by atoms with van der Waals surface area (Å²) in [7, 11) is 0. The highest BCUT2D eigenvalue weighted by Crippen LogP contribution is 2.37. The molecule has 0 amide bonds. The molecule has 1 N–H and O–H groups in total. The van der Waals surface area contributed by atoms with Gasteiger partial charge in [0.15, 0.2) is 5.82 Å². The van der Waals surface area contributed by atoms with Crippen LogP contribution < -0.4 is 0 Å². The van der Waals surface area contributed by atoms with Gasteiger partial charge < -0.3 is 9.51 Å². The Morgan fingerprint density at radius 3 is 3.11 bits per heavy atom. The van der Waals surface area contributed by atoms with Crippen LogP contribution in [0.1, 0.15) is 36.0 Å². The molecule has 92 valence electrons. The first-order chi connectivity index (χ1) is 8.86. The molecule has 0 saturated carbocycles. The summed E-state index contributed by atoms with van der Waals surface area (Å²) >= 11 is 1.89. The fraction of sp³-hybridized carbons (Fsp3) is 0.417. The fourth-order valence-corrected chi connectivity index (χ4v) is 3.24. The standard InChI is InChI=1S/C12H12N4OS/c13-7-8-4-5-9(14-8)12-15-11(16-17-12)10-3-1-2-6-18-10/h4-5,10,14H,1-3,6H2. The first kappa shape index (κ1) is 11.4. The summed E-state index contributed by atoms with van der Waals surface area (Å²) < 4.78 is 5.25. The van der Waals surface area contributed by atoms with Crippen molar-refractivity contribution >= 4 is 11.8 Å². The highest BCUT2D eigenvalue weighted by Gasteiger charge is 2.22. The zero-order valence-electron chi connectivity index (χ0n) is 9.72. The van der Waals surface area contributed by atoms with E-state index in [2.05, 4.69) is 15.1 Å². The maximum absolute atomic E-state index is 8.76.